The summed E-state index contributed by atoms with van der Waals surface area (Å²) in [4.78, 5) is 21.2. The molecule has 0 aliphatic heterocycles. The van der Waals surface area contributed by atoms with Gasteiger partial charge in [0.2, 0.25) is 0 Å². The van der Waals surface area contributed by atoms with Crippen molar-refractivity contribution in [2.45, 2.75) is 45.1 Å². The van der Waals surface area contributed by atoms with E-state index in [9.17, 15) is 4.79 Å². The number of aryl methyl sites for hydroxylation is 1. The van der Waals surface area contributed by atoms with Crippen molar-refractivity contribution in [3.8, 4) is 0 Å². The maximum absolute atomic E-state index is 12.2. The van der Waals surface area contributed by atoms with Gasteiger partial charge in [0.05, 0.1) is 0 Å². The second-order valence-corrected chi connectivity index (χ2v) is 8.39. The summed E-state index contributed by atoms with van der Waals surface area (Å²) in [5.74, 6) is 2.30. The molecule has 1 aliphatic rings. The van der Waals surface area contributed by atoms with Crippen LogP contribution in [0.15, 0.2) is 54.6 Å². The van der Waals surface area contributed by atoms with Gasteiger partial charge in [-0.15, -0.1) is 0 Å². The van der Waals surface area contributed by atoms with Gasteiger partial charge in [-0.25, -0.2) is 14.8 Å². The van der Waals surface area contributed by atoms with E-state index < -0.39 is 0 Å². The average molecular weight is 451 g/mol. The van der Waals surface area contributed by atoms with Crippen molar-refractivity contribution in [2.75, 3.05) is 21.3 Å². The first-order chi connectivity index (χ1) is 15.5. The molecule has 1 aliphatic carbocycles. The van der Waals surface area contributed by atoms with Crippen molar-refractivity contribution in [3.63, 3.8) is 0 Å². The molecular formula is C24H27ClN6O. The third-order valence-electron chi connectivity index (χ3n) is 5.31. The Kier molecular flexibility index (Phi) is 7.07. The Morgan fingerprint density at radius 2 is 1.41 bits per heavy atom. The molecule has 0 atom stereocenters. The van der Waals surface area contributed by atoms with Crippen LogP contribution in [0.1, 0.15) is 37.9 Å². The fraction of sp³-hybridized carbons (Fsp3) is 0.292. The van der Waals surface area contributed by atoms with Crippen LogP contribution in [0.4, 0.5) is 33.5 Å². The summed E-state index contributed by atoms with van der Waals surface area (Å²) in [5, 5.41) is 13.1. The monoisotopic (exact) mass is 450 g/mol. The smallest absolute Gasteiger partial charge is 0.323 e. The number of rotatable bonds is 6. The minimum absolute atomic E-state index is 0.321. The number of amides is 2. The van der Waals surface area contributed by atoms with Gasteiger partial charge in [0.15, 0.2) is 0 Å². The quantitative estimate of drug-likeness (QED) is 0.341. The highest BCUT2D eigenvalue weighted by atomic mass is 35.5. The first-order valence-electron chi connectivity index (χ1n) is 10.9. The fourth-order valence-corrected chi connectivity index (χ4v) is 3.90. The van der Waals surface area contributed by atoms with Crippen LogP contribution in [0.25, 0.3) is 0 Å². The third kappa shape index (κ3) is 6.34. The molecule has 8 heteroatoms. The lowest BCUT2D eigenvalue weighted by atomic mass is 9.95. The summed E-state index contributed by atoms with van der Waals surface area (Å²) in [5.41, 5.74) is 2.22. The minimum Gasteiger partial charge on any atom is -0.367 e. The Morgan fingerprint density at radius 3 is 2.06 bits per heavy atom. The van der Waals surface area contributed by atoms with E-state index in [1.165, 1.54) is 32.1 Å². The Bertz CT molecular complexity index is 1050. The number of nitrogens with zero attached hydrogens (tertiary/aromatic N) is 2. The number of nitrogens with one attached hydrogen (secondary N) is 4. The topological polar surface area (TPSA) is 91.0 Å². The van der Waals surface area contributed by atoms with Crippen LogP contribution in [-0.2, 0) is 0 Å². The fourth-order valence-electron chi connectivity index (χ4n) is 3.77. The second-order valence-electron chi connectivity index (χ2n) is 7.95. The third-order valence-corrected chi connectivity index (χ3v) is 5.56. The Labute approximate surface area is 193 Å². The van der Waals surface area contributed by atoms with E-state index in [2.05, 4.69) is 31.2 Å². The Hall–Kier alpha value is -3.32. The van der Waals surface area contributed by atoms with Crippen LogP contribution < -0.4 is 21.3 Å². The van der Waals surface area contributed by atoms with Gasteiger partial charge in [-0.2, -0.15) is 0 Å². The Morgan fingerprint density at radius 1 is 0.844 bits per heavy atom. The molecule has 0 unspecified atom stereocenters. The zero-order chi connectivity index (χ0) is 22.3. The van der Waals surface area contributed by atoms with Gasteiger partial charge in [0.1, 0.15) is 17.5 Å². The van der Waals surface area contributed by atoms with Gasteiger partial charge in [-0.1, -0.05) is 30.9 Å². The van der Waals surface area contributed by atoms with Crippen LogP contribution in [0.3, 0.4) is 0 Å². The Balaban J connectivity index is 1.34. The number of hydrogen-bond donors (Lipinski definition) is 4. The molecule has 0 saturated heterocycles. The summed E-state index contributed by atoms with van der Waals surface area (Å²) in [6.45, 7) is 1.89. The zero-order valence-corrected chi connectivity index (χ0v) is 18.7. The molecule has 2 aromatic carbocycles. The number of benzene rings is 2. The van der Waals surface area contributed by atoms with Gasteiger partial charge in [0, 0.05) is 34.2 Å². The van der Waals surface area contributed by atoms with E-state index in [0.717, 1.165) is 17.3 Å². The number of aromatic nitrogens is 2. The molecule has 32 heavy (non-hydrogen) atoms. The molecule has 3 aromatic rings. The average Bonchev–Trinajstić information content (AvgIpc) is 2.77. The molecule has 1 saturated carbocycles. The largest absolute Gasteiger partial charge is 0.367 e. The molecule has 166 valence electrons. The van der Waals surface area contributed by atoms with Gasteiger partial charge >= 0.3 is 6.03 Å². The first-order valence-corrected chi connectivity index (χ1v) is 11.2. The number of carbonyl (C=O) groups excluding carboxylic acids is 1. The van der Waals surface area contributed by atoms with Crippen LogP contribution in [-0.4, -0.2) is 22.0 Å². The standard InChI is InChI=1S/C24H27ClN6O/c1-16-26-22(28-18-5-3-2-4-6-18)15-23(27-16)29-19-11-13-21(14-12-19)31-24(32)30-20-9-7-17(25)8-10-20/h7-15,18H,2-6H2,1H3,(H2,30,31,32)(H2,26,27,28,29). The highest BCUT2D eigenvalue weighted by Crippen LogP contribution is 2.24. The lowest BCUT2D eigenvalue weighted by molar-refractivity contribution is 0.262. The number of hydrogen-bond acceptors (Lipinski definition) is 5. The molecular weight excluding hydrogens is 424 g/mol. The van der Waals surface area contributed by atoms with Crippen LogP contribution in [0.5, 0.6) is 0 Å². The number of anilines is 5. The molecule has 1 heterocycles. The maximum Gasteiger partial charge on any atom is 0.323 e. The molecule has 1 aromatic heterocycles. The number of halogens is 1. The first kappa shape index (κ1) is 21.9. The van der Waals surface area contributed by atoms with E-state index in [1.54, 1.807) is 24.3 Å². The summed E-state index contributed by atoms with van der Waals surface area (Å²) in [6, 6.07) is 16.5. The lowest BCUT2D eigenvalue weighted by Crippen LogP contribution is -2.23. The molecule has 4 rings (SSSR count). The molecule has 0 bridgehead atoms. The van der Waals surface area contributed by atoms with Crippen LogP contribution >= 0.6 is 11.6 Å². The number of carbonyl (C=O) groups is 1. The summed E-state index contributed by atoms with van der Waals surface area (Å²) < 4.78 is 0. The highest BCUT2D eigenvalue weighted by molar-refractivity contribution is 6.30. The normalized spacial score (nSPS) is 13.9. The predicted octanol–water partition coefficient (Wildman–Crippen LogP) is 6.57. The van der Waals surface area contributed by atoms with Crippen molar-refractivity contribution in [3.05, 3.63) is 65.4 Å². The van der Waals surface area contributed by atoms with Crippen molar-refractivity contribution in [1.82, 2.24) is 9.97 Å². The van der Waals surface area contributed by atoms with Crippen molar-refractivity contribution >= 4 is 46.3 Å². The molecule has 0 radical (unpaired) electrons. The molecule has 0 spiro atoms. The van der Waals surface area contributed by atoms with E-state index >= 15 is 0 Å². The van der Waals surface area contributed by atoms with E-state index in [4.69, 9.17) is 11.6 Å². The zero-order valence-electron chi connectivity index (χ0n) is 18.0. The van der Waals surface area contributed by atoms with Crippen LogP contribution in [0.2, 0.25) is 5.02 Å². The molecule has 4 N–H and O–H groups in total. The molecule has 7 nitrogen and oxygen atoms in total. The van der Waals surface area contributed by atoms with E-state index in [-0.39, 0.29) is 6.03 Å². The second kappa shape index (κ2) is 10.3. The van der Waals surface area contributed by atoms with Crippen molar-refractivity contribution in [1.29, 1.82) is 0 Å². The summed E-state index contributed by atoms with van der Waals surface area (Å²) in [7, 11) is 0. The van der Waals surface area contributed by atoms with Gasteiger partial charge in [-0.3, -0.25) is 0 Å². The summed E-state index contributed by atoms with van der Waals surface area (Å²) >= 11 is 5.87. The lowest BCUT2D eigenvalue weighted by Gasteiger charge is -2.23. The number of urea groups is 1. The van der Waals surface area contributed by atoms with Crippen molar-refractivity contribution in [2.24, 2.45) is 0 Å². The summed E-state index contributed by atoms with van der Waals surface area (Å²) in [6.07, 6.45) is 6.23. The van der Waals surface area contributed by atoms with E-state index in [1.807, 2.05) is 37.3 Å². The minimum atomic E-state index is -0.321. The van der Waals surface area contributed by atoms with Gasteiger partial charge in [0.25, 0.3) is 0 Å². The van der Waals surface area contributed by atoms with Gasteiger partial charge in [-0.05, 0) is 68.3 Å². The van der Waals surface area contributed by atoms with Crippen LogP contribution in [0, 0.1) is 6.92 Å². The highest BCUT2D eigenvalue weighted by Gasteiger charge is 2.14. The molecule has 1 fully saturated rings. The molecule has 2 amide bonds. The van der Waals surface area contributed by atoms with Gasteiger partial charge < -0.3 is 21.3 Å². The SMILES string of the molecule is Cc1nc(Nc2ccc(NC(=O)Nc3ccc(Cl)cc3)cc2)cc(NC2CCCCC2)n1. The van der Waals surface area contributed by atoms with Crippen molar-refractivity contribution < 1.29 is 4.79 Å². The van der Waals surface area contributed by atoms with E-state index in [0.29, 0.717) is 28.3 Å². The maximum atomic E-state index is 12.2. The predicted molar refractivity (Wildman–Crippen MR) is 131 cm³/mol.